The van der Waals surface area contributed by atoms with E-state index in [9.17, 15) is 8.42 Å². The standard InChI is InChI=1S/C11H9BrClNO3S2/c12-10-2-1-7(3-11(10)13)14-19(16,17)9-4-8(5-15)18-6-9/h1-4,6,14-15H,5H2. The van der Waals surface area contributed by atoms with Gasteiger partial charge in [0.05, 0.1) is 22.2 Å². The van der Waals surface area contributed by atoms with Gasteiger partial charge in [0.25, 0.3) is 10.0 Å². The largest absolute Gasteiger partial charge is 0.391 e. The van der Waals surface area contributed by atoms with Gasteiger partial charge in [-0.3, -0.25) is 4.72 Å². The Morgan fingerprint density at radius 2 is 2.11 bits per heavy atom. The topological polar surface area (TPSA) is 66.4 Å². The summed E-state index contributed by atoms with van der Waals surface area (Å²) in [4.78, 5) is 0.717. The summed E-state index contributed by atoms with van der Waals surface area (Å²) >= 11 is 10.3. The summed E-state index contributed by atoms with van der Waals surface area (Å²) in [6, 6.07) is 6.22. The van der Waals surface area contributed by atoms with Gasteiger partial charge in [-0.1, -0.05) is 11.6 Å². The van der Waals surface area contributed by atoms with E-state index in [1.165, 1.54) is 28.8 Å². The van der Waals surface area contributed by atoms with Gasteiger partial charge in [-0.05, 0) is 40.2 Å². The molecule has 0 unspecified atom stereocenters. The van der Waals surface area contributed by atoms with E-state index in [0.717, 1.165) is 0 Å². The highest BCUT2D eigenvalue weighted by Gasteiger charge is 2.16. The number of aliphatic hydroxyl groups excluding tert-OH is 1. The van der Waals surface area contributed by atoms with Gasteiger partial charge in [-0.15, -0.1) is 11.3 Å². The molecule has 0 aliphatic carbocycles. The lowest BCUT2D eigenvalue weighted by Crippen LogP contribution is -2.12. The molecule has 19 heavy (non-hydrogen) atoms. The van der Waals surface area contributed by atoms with Crippen LogP contribution in [0.4, 0.5) is 5.69 Å². The number of anilines is 1. The number of sulfonamides is 1. The first-order chi connectivity index (χ1) is 8.92. The van der Waals surface area contributed by atoms with Gasteiger partial charge in [0.2, 0.25) is 0 Å². The molecule has 0 aliphatic heterocycles. The molecule has 0 radical (unpaired) electrons. The molecule has 0 saturated heterocycles. The molecule has 1 heterocycles. The number of halogens is 2. The van der Waals surface area contributed by atoms with Gasteiger partial charge >= 0.3 is 0 Å². The quantitative estimate of drug-likeness (QED) is 0.851. The summed E-state index contributed by atoms with van der Waals surface area (Å²) in [5, 5.41) is 10.8. The van der Waals surface area contributed by atoms with Gasteiger partial charge in [0, 0.05) is 14.7 Å². The van der Waals surface area contributed by atoms with Crippen LogP contribution in [0.25, 0.3) is 0 Å². The van der Waals surface area contributed by atoms with Crippen molar-refractivity contribution in [1.82, 2.24) is 0 Å². The van der Waals surface area contributed by atoms with Gasteiger partial charge in [0.1, 0.15) is 0 Å². The Balaban J connectivity index is 2.28. The Hall–Kier alpha value is -0.600. The number of hydrogen-bond acceptors (Lipinski definition) is 4. The van der Waals surface area contributed by atoms with Crippen molar-refractivity contribution in [3.63, 3.8) is 0 Å². The molecule has 0 spiro atoms. The van der Waals surface area contributed by atoms with Crippen LogP contribution < -0.4 is 4.72 Å². The van der Waals surface area contributed by atoms with Crippen LogP contribution in [0, 0.1) is 0 Å². The second kappa shape index (κ2) is 5.80. The van der Waals surface area contributed by atoms with Crippen molar-refractivity contribution in [3.8, 4) is 0 Å². The van der Waals surface area contributed by atoms with Crippen LogP contribution in [0.3, 0.4) is 0 Å². The van der Waals surface area contributed by atoms with Crippen LogP contribution in [-0.4, -0.2) is 13.5 Å². The van der Waals surface area contributed by atoms with E-state index in [2.05, 4.69) is 20.7 Å². The minimum absolute atomic E-state index is 0.126. The fourth-order valence-corrected chi connectivity index (χ4v) is 3.97. The van der Waals surface area contributed by atoms with Crippen LogP contribution in [0.1, 0.15) is 4.88 Å². The smallest absolute Gasteiger partial charge is 0.262 e. The second-order valence-electron chi connectivity index (χ2n) is 3.64. The average molecular weight is 383 g/mol. The van der Waals surface area contributed by atoms with E-state index in [1.807, 2.05) is 0 Å². The zero-order valence-corrected chi connectivity index (χ0v) is 13.4. The number of rotatable bonds is 4. The zero-order valence-electron chi connectivity index (χ0n) is 9.43. The van der Waals surface area contributed by atoms with Crippen LogP contribution >= 0.6 is 38.9 Å². The van der Waals surface area contributed by atoms with E-state index in [4.69, 9.17) is 16.7 Å². The van der Waals surface area contributed by atoms with Crippen molar-refractivity contribution in [2.75, 3.05) is 4.72 Å². The molecule has 0 amide bonds. The predicted molar refractivity (Wildman–Crippen MR) is 80.2 cm³/mol. The van der Waals surface area contributed by atoms with Crippen LogP contribution in [0.5, 0.6) is 0 Å². The Bertz CT molecular complexity index is 700. The fourth-order valence-electron chi connectivity index (χ4n) is 1.36. The number of hydrogen-bond donors (Lipinski definition) is 2. The number of thiophene rings is 1. The van der Waals surface area contributed by atoms with E-state index < -0.39 is 10.0 Å². The van der Waals surface area contributed by atoms with Gasteiger partial charge in [-0.2, -0.15) is 0 Å². The highest BCUT2D eigenvalue weighted by Crippen LogP contribution is 2.27. The highest BCUT2D eigenvalue weighted by atomic mass is 79.9. The van der Waals surface area contributed by atoms with Gasteiger partial charge < -0.3 is 5.11 Å². The first kappa shape index (κ1) is 14.8. The molecule has 2 rings (SSSR count). The molecule has 0 saturated carbocycles. The fraction of sp³-hybridized carbons (Fsp3) is 0.0909. The van der Waals surface area contributed by atoms with Gasteiger partial charge in [0.15, 0.2) is 0 Å². The summed E-state index contributed by atoms with van der Waals surface area (Å²) in [5.41, 5.74) is 0.380. The third-order valence-corrected chi connectivity index (χ3v) is 5.93. The Labute approximate surface area is 128 Å². The van der Waals surface area contributed by atoms with Crippen LogP contribution in [0.2, 0.25) is 5.02 Å². The first-order valence-corrected chi connectivity index (χ1v) is 8.62. The van der Waals surface area contributed by atoms with Crippen LogP contribution in [-0.2, 0) is 16.6 Å². The third kappa shape index (κ3) is 3.49. The Morgan fingerprint density at radius 3 is 2.68 bits per heavy atom. The summed E-state index contributed by atoms with van der Waals surface area (Å²) in [7, 11) is -3.66. The molecular weight excluding hydrogens is 374 g/mol. The number of benzene rings is 1. The molecule has 4 nitrogen and oxygen atoms in total. The molecule has 102 valence electrons. The van der Waals surface area contributed by atoms with Crippen molar-refractivity contribution in [1.29, 1.82) is 0 Å². The minimum Gasteiger partial charge on any atom is -0.391 e. The third-order valence-electron chi connectivity index (χ3n) is 2.27. The lowest BCUT2D eigenvalue weighted by atomic mass is 10.3. The number of aliphatic hydroxyl groups is 1. The molecule has 0 bridgehead atoms. The Kier molecular flexibility index (Phi) is 4.52. The first-order valence-electron chi connectivity index (χ1n) is 5.08. The summed E-state index contributed by atoms with van der Waals surface area (Å²) < 4.78 is 27.3. The van der Waals surface area contributed by atoms with Crippen LogP contribution in [0.15, 0.2) is 39.0 Å². The zero-order chi connectivity index (χ0) is 14.0. The molecule has 8 heteroatoms. The molecular formula is C11H9BrClNO3S2. The monoisotopic (exact) mass is 381 g/mol. The molecule has 2 N–H and O–H groups in total. The maximum Gasteiger partial charge on any atom is 0.262 e. The van der Waals surface area contributed by atoms with Crippen molar-refractivity contribution in [2.45, 2.75) is 11.5 Å². The number of nitrogens with one attached hydrogen (secondary N) is 1. The molecule has 0 atom stereocenters. The average Bonchev–Trinajstić information content (AvgIpc) is 2.83. The maximum absolute atomic E-state index is 12.1. The molecule has 2 aromatic rings. The summed E-state index contributed by atoms with van der Waals surface area (Å²) in [5.74, 6) is 0. The molecule has 1 aromatic heterocycles. The normalized spacial score (nSPS) is 11.5. The Morgan fingerprint density at radius 1 is 1.37 bits per heavy atom. The van der Waals surface area contributed by atoms with Gasteiger partial charge in [-0.25, -0.2) is 8.42 Å². The lowest BCUT2D eigenvalue weighted by Gasteiger charge is -2.07. The highest BCUT2D eigenvalue weighted by molar-refractivity contribution is 9.10. The van der Waals surface area contributed by atoms with E-state index in [-0.39, 0.29) is 11.5 Å². The second-order valence-corrected chi connectivity index (χ2v) is 7.58. The minimum atomic E-state index is -3.66. The predicted octanol–water partition coefficient (Wildman–Crippen LogP) is 3.46. The summed E-state index contributed by atoms with van der Waals surface area (Å²) in [6.45, 7) is -0.176. The van der Waals surface area contributed by atoms with Crippen molar-refractivity contribution >= 4 is 54.6 Å². The molecule has 0 fully saturated rings. The van der Waals surface area contributed by atoms with Crippen molar-refractivity contribution in [3.05, 3.63) is 44.0 Å². The molecule has 0 aliphatic rings. The van der Waals surface area contributed by atoms with E-state index in [0.29, 0.717) is 20.1 Å². The van der Waals surface area contributed by atoms with Crippen molar-refractivity contribution in [2.24, 2.45) is 0 Å². The van der Waals surface area contributed by atoms with E-state index in [1.54, 1.807) is 12.1 Å². The molecule has 1 aromatic carbocycles. The van der Waals surface area contributed by atoms with E-state index >= 15 is 0 Å². The lowest BCUT2D eigenvalue weighted by molar-refractivity contribution is 0.285. The SMILES string of the molecule is O=S(=O)(Nc1ccc(Br)c(Cl)c1)c1csc(CO)c1. The maximum atomic E-state index is 12.1. The van der Waals surface area contributed by atoms with Crippen molar-refractivity contribution < 1.29 is 13.5 Å². The summed E-state index contributed by atoms with van der Waals surface area (Å²) in [6.07, 6.45) is 0.